The lowest BCUT2D eigenvalue weighted by Gasteiger charge is -2.11. The minimum atomic E-state index is -0.424. The third kappa shape index (κ3) is 1.05. The first-order valence-corrected chi connectivity index (χ1v) is 3.03. The molecule has 1 rings (SSSR count). The Balaban J connectivity index is 2.86. The van der Waals surface area contributed by atoms with Crippen molar-refractivity contribution < 1.29 is 9.59 Å². The lowest BCUT2D eigenvalue weighted by atomic mass is 9.90. The van der Waals surface area contributed by atoms with Gasteiger partial charge in [-0.15, -0.1) is 0 Å². The Morgan fingerprint density at radius 3 is 2.20 bits per heavy atom. The quantitative estimate of drug-likeness (QED) is 0.283. The SMILES string of the molecule is C=C1CC(=C)C(=O)C(=O)C1. The number of allylic oxidation sites excluding steroid dienone is 2. The largest absolute Gasteiger partial charge is 0.290 e. The van der Waals surface area contributed by atoms with Crippen molar-refractivity contribution in [2.45, 2.75) is 12.8 Å². The van der Waals surface area contributed by atoms with Gasteiger partial charge in [0, 0.05) is 12.0 Å². The van der Waals surface area contributed by atoms with Crippen molar-refractivity contribution in [2.75, 3.05) is 0 Å². The Hall–Kier alpha value is -1.18. The van der Waals surface area contributed by atoms with E-state index in [1.54, 1.807) is 0 Å². The lowest BCUT2D eigenvalue weighted by Crippen LogP contribution is -2.21. The van der Waals surface area contributed by atoms with E-state index in [9.17, 15) is 9.59 Å². The Kier molecular flexibility index (Phi) is 1.53. The minimum absolute atomic E-state index is 0.206. The van der Waals surface area contributed by atoms with Crippen LogP contribution in [0.3, 0.4) is 0 Å². The Morgan fingerprint density at radius 1 is 1.10 bits per heavy atom. The van der Waals surface area contributed by atoms with Gasteiger partial charge in [0.2, 0.25) is 11.6 Å². The van der Waals surface area contributed by atoms with Crippen molar-refractivity contribution in [1.82, 2.24) is 0 Å². The van der Waals surface area contributed by atoms with Crippen LogP contribution in [0.5, 0.6) is 0 Å². The van der Waals surface area contributed by atoms with Gasteiger partial charge in [0.05, 0.1) is 0 Å². The van der Waals surface area contributed by atoms with Gasteiger partial charge in [0.25, 0.3) is 0 Å². The zero-order valence-corrected chi connectivity index (χ0v) is 5.64. The molecule has 0 spiro atoms. The van der Waals surface area contributed by atoms with E-state index in [1.165, 1.54) is 0 Å². The summed E-state index contributed by atoms with van der Waals surface area (Å²) in [5.41, 5.74) is 1.16. The van der Waals surface area contributed by atoms with E-state index in [2.05, 4.69) is 13.2 Å². The second-order valence-corrected chi connectivity index (χ2v) is 2.46. The minimum Gasteiger partial charge on any atom is -0.290 e. The van der Waals surface area contributed by atoms with Gasteiger partial charge in [0.15, 0.2) is 0 Å². The molecule has 1 aliphatic carbocycles. The maximum absolute atomic E-state index is 10.8. The van der Waals surface area contributed by atoms with Gasteiger partial charge in [-0.3, -0.25) is 9.59 Å². The number of hydrogen-bond donors (Lipinski definition) is 0. The molecule has 0 atom stereocenters. The summed E-state index contributed by atoms with van der Waals surface area (Å²) >= 11 is 0. The molecular weight excluding hydrogens is 128 g/mol. The normalized spacial score (nSPS) is 20.0. The van der Waals surface area contributed by atoms with Gasteiger partial charge >= 0.3 is 0 Å². The van der Waals surface area contributed by atoms with Crippen molar-refractivity contribution in [3.8, 4) is 0 Å². The highest BCUT2D eigenvalue weighted by Gasteiger charge is 2.23. The van der Waals surface area contributed by atoms with Crippen LogP contribution in [0.4, 0.5) is 0 Å². The first-order valence-electron chi connectivity index (χ1n) is 3.03. The van der Waals surface area contributed by atoms with E-state index < -0.39 is 5.78 Å². The molecule has 0 saturated heterocycles. The topological polar surface area (TPSA) is 34.1 Å². The van der Waals surface area contributed by atoms with Gasteiger partial charge in [-0.1, -0.05) is 18.7 Å². The number of Topliss-reactive ketones (excluding diaryl/α,β-unsaturated/α-hetero) is 2. The molecule has 2 nitrogen and oxygen atoms in total. The fraction of sp³-hybridized carbons (Fsp3) is 0.250. The first kappa shape index (κ1) is 6.93. The van der Waals surface area contributed by atoms with E-state index in [1.807, 2.05) is 0 Å². The van der Waals surface area contributed by atoms with E-state index in [-0.39, 0.29) is 12.2 Å². The van der Waals surface area contributed by atoms with Gasteiger partial charge in [-0.25, -0.2) is 0 Å². The van der Waals surface area contributed by atoms with E-state index in [0.717, 1.165) is 5.57 Å². The predicted molar refractivity (Wildman–Crippen MR) is 37.5 cm³/mol. The highest BCUT2D eigenvalue weighted by Crippen LogP contribution is 2.19. The molecule has 52 valence electrons. The summed E-state index contributed by atoms with van der Waals surface area (Å²) < 4.78 is 0. The van der Waals surface area contributed by atoms with Crippen LogP contribution in [-0.4, -0.2) is 11.6 Å². The molecule has 0 unspecified atom stereocenters. The molecule has 0 aliphatic heterocycles. The average Bonchev–Trinajstić information content (AvgIpc) is 1.82. The zero-order chi connectivity index (χ0) is 7.72. The Labute approximate surface area is 59.2 Å². The van der Waals surface area contributed by atoms with Gasteiger partial charge in [0.1, 0.15) is 0 Å². The fourth-order valence-electron chi connectivity index (χ4n) is 0.949. The van der Waals surface area contributed by atoms with Gasteiger partial charge in [-0.2, -0.15) is 0 Å². The van der Waals surface area contributed by atoms with Crippen LogP contribution in [0.25, 0.3) is 0 Å². The van der Waals surface area contributed by atoms with Crippen LogP contribution in [0.1, 0.15) is 12.8 Å². The molecule has 1 fully saturated rings. The van der Waals surface area contributed by atoms with E-state index in [0.29, 0.717) is 12.0 Å². The molecular formula is C8H8O2. The van der Waals surface area contributed by atoms with Crippen LogP contribution in [0.15, 0.2) is 24.3 Å². The number of carbonyl (C=O) groups excluding carboxylic acids is 2. The summed E-state index contributed by atoms with van der Waals surface area (Å²) in [4.78, 5) is 21.5. The molecule has 1 aliphatic rings. The third-order valence-electron chi connectivity index (χ3n) is 1.45. The molecule has 0 bridgehead atoms. The second kappa shape index (κ2) is 2.21. The summed E-state index contributed by atoms with van der Waals surface area (Å²) in [7, 11) is 0. The second-order valence-electron chi connectivity index (χ2n) is 2.46. The van der Waals surface area contributed by atoms with Crippen molar-refractivity contribution in [3.05, 3.63) is 24.3 Å². The fourth-order valence-corrected chi connectivity index (χ4v) is 0.949. The standard InChI is InChI=1S/C8H8O2/c1-5-3-6(2)8(10)7(9)4-5/h1-4H2. The molecule has 0 N–H and O–H groups in total. The maximum Gasteiger partial charge on any atom is 0.224 e. The smallest absolute Gasteiger partial charge is 0.224 e. The summed E-state index contributed by atoms with van der Waals surface area (Å²) in [6.07, 6.45) is 0.697. The van der Waals surface area contributed by atoms with Crippen LogP contribution >= 0.6 is 0 Å². The van der Waals surface area contributed by atoms with Crippen molar-refractivity contribution >= 4 is 11.6 Å². The molecule has 0 aromatic carbocycles. The molecule has 0 radical (unpaired) electrons. The van der Waals surface area contributed by atoms with Crippen LogP contribution in [-0.2, 0) is 9.59 Å². The number of carbonyl (C=O) groups is 2. The highest BCUT2D eigenvalue weighted by molar-refractivity contribution is 6.44. The van der Waals surface area contributed by atoms with Crippen LogP contribution in [0, 0.1) is 0 Å². The zero-order valence-electron chi connectivity index (χ0n) is 5.64. The van der Waals surface area contributed by atoms with Crippen LogP contribution in [0.2, 0.25) is 0 Å². The summed E-state index contributed by atoms with van der Waals surface area (Å²) in [5, 5.41) is 0. The van der Waals surface area contributed by atoms with Crippen LogP contribution < -0.4 is 0 Å². The highest BCUT2D eigenvalue weighted by atomic mass is 16.2. The lowest BCUT2D eigenvalue weighted by molar-refractivity contribution is -0.134. The van der Waals surface area contributed by atoms with E-state index >= 15 is 0 Å². The van der Waals surface area contributed by atoms with Gasteiger partial charge in [-0.05, 0) is 6.42 Å². The van der Waals surface area contributed by atoms with Crippen molar-refractivity contribution in [2.24, 2.45) is 0 Å². The Bertz CT molecular complexity index is 214. The molecule has 2 heteroatoms. The average molecular weight is 136 g/mol. The number of ketones is 2. The molecule has 10 heavy (non-hydrogen) atoms. The first-order chi connectivity index (χ1) is 4.61. The van der Waals surface area contributed by atoms with Crippen molar-refractivity contribution in [3.63, 3.8) is 0 Å². The predicted octanol–water partition coefficient (Wildman–Crippen LogP) is 1.03. The molecule has 0 aromatic rings. The summed E-state index contributed by atoms with van der Waals surface area (Å²) in [6.45, 7) is 7.08. The van der Waals surface area contributed by atoms with E-state index in [4.69, 9.17) is 0 Å². The Morgan fingerprint density at radius 2 is 1.70 bits per heavy atom. The molecule has 0 amide bonds. The molecule has 0 aromatic heterocycles. The summed E-state index contributed by atoms with van der Waals surface area (Å²) in [5.74, 6) is -0.798. The number of hydrogen-bond acceptors (Lipinski definition) is 2. The molecule has 0 heterocycles. The van der Waals surface area contributed by atoms with Gasteiger partial charge < -0.3 is 0 Å². The third-order valence-corrected chi connectivity index (χ3v) is 1.45. The number of rotatable bonds is 0. The maximum atomic E-state index is 10.8. The molecule has 1 saturated carbocycles. The summed E-state index contributed by atoms with van der Waals surface area (Å²) in [6, 6.07) is 0. The monoisotopic (exact) mass is 136 g/mol. The van der Waals surface area contributed by atoms with Crippen molar-refractivity contribution in [1.29, 1.82) is 0 Å².